The van der Waals surface area contributed by atoms with E-state index in [2.05, 4.69) is 11.9 Å². The van der Waals surface area contributed by atoms with Gasteiger partial charge in [0.25, 0.3) is 5.91 Å². The number of carboxylic acid groups (broad SMARTS) is 1. The summed E-state index contributed by atoms with van der Waals surface area (Å²) in [5.74, 6) is -1.48. The molecule has 2 N–H and O–H groups in total. The molecule has 7 nitrogen and oxygen atoms in total. The van der Waals surface area contributed by atoms with Crippen LogP contribution in [-0.4, -0.2) is 34.9 Å². The normalized spacial score (nSPS) is 10.2. The zero-order valence-corrected chi connectivity index (χ0v) is 18.2. The molecular weight excluding hydrogens is 420 g/mol. The van der Waals surface area contributed by atoms with Crippen LogP contribution < -0.4 is 10.1 Å². The third-order valence-electron chi connectivity index (χ3n) is 4.97. The van der Waals surface area contributed by atoms with Gasteiger partial charge in [-0.3, -0.25) is 9.59 Å². The molecule has 0 atom stereocenters. The van der Waals surface area contributed by atoms with Crippen molar-refractivity contribution < 1.29 is 24.2 Å². The van der Waals surface area contributed by atoms with Gasteiger partial charge in [-0.25, -0.2) is 4.79 Å². The molecule has 0 aliphatic heterocycles. The summed E-state index contributed by atoms with van der Waals surface area (Å²) >= 11 is 0. The van der Waals surface area contributed by atoms with Crippen molar-refractivity contribution in [1.82, 2.24) is 4.90 Å². The molecule has 3 aromatic carbocycles. The summed E-state index contributed by atoms with van der Waals surface area (Å²) < 4.78 is 5.19. The van der Waals surface area contributed by atoms with Crippen molar-refractivity contribution in [1.29, 1.82) is 0 Å². The van der Waals surface area contributed by atoms with E-state index in [9.17, 15) is 19.5 Å². The van der Waals surface area contributed by atoms with Crippen LogP contribution in [0.4, 0.5) is 5.69 Å². The Morgan fingerprint density at radius 3 is 2.15 bits per heavy atom. The Bertz CT molecular complexity index is 1160. The number of rotatable bonds is 9. The number of methoxy groups -OCH3 is 1. The number of hydrogen-bond acceptors (Lipinski definition) is 4. The number of amides is 2. The maximum Gasteiger partial charge on any atom is 0.336 e. The zero-order valence-electron chi connectivity index (χ0n) is 18.2. The van der Waals surface area contributed by atoms with Gasteiger partial charge in [0.2, 0.25) is 5.91 Å². The van der Waals surface area contributed by atoms with Gasteiger partial charge in [-0.1, -0.05) is 49.0 Å². The second kappa shape index (κ2) is 10.8. The summed E-state index contributed by atoms with van der Waals surface area (Å²) in [5.41, 5.74) is 1.87. The lowest BCUT2D eigenvalue weighted by molar-refractivity contribution is -0.111. The predicted molar refractivity (Wildman–Crippen MR) is 125 cm³/mol. The van der Waals surface area contributed by atoms with Crippen molar-refractivity contribution in [3.05, 3.63) is 108 Å². The molecule has 0 aliphatic rings. The standard InChI is InChI=1S/C26H24N2O5/c1-3-24(29)27-20-11-14-22(23(15-20)26(31)32)25(30)28(16-18-7-5-4-6-8-18)17-19-9-12-21(33-2)13-10-19/h3-15H,1,16-17H2,2H3,(H,27,29)(H,31,32). The van der Waals surface area contributed by atoms with Gasteiger partial charge in [-0.2, -0.15) is 0 Å². The summed E-state index contributed by atoms with van der Waals surface area (Å²) in [5, 5.41) is 12.2. The number of carbonyl (C=O) groups excluding carboxylic acids is 2. The van der Waals surface area contributed by atoms with E-state index in [-0.39, 0.29) is 23.4 Å². The van der Waals surface area contributed by atoms with Crippen molar-refractivity contribution in [2.24, 2.45) is 0 Å². The van der Waals surface area contributed by atoms with Crippen LogP contribution in [0.15, 0.2) is 85.5 Å². The topological polar surface area (TPSA) is 95.9 Å². The van der Waals surface area contributed by atoms with Crippen molar-refractivity contribution >= 4 is 23.5 Å². The fourth-order valence-electron chi connectivity index (χ4n) is 3.30. The maximum absolute atomic E-state index is 13.5. The Morgan fingerprint density at radius 1 is 0.939 bits per heavy atom. The number of ether oxygens (including phenoxy) is 1. The van der Waals surface area contributed by atoms with Crippen LogP contribution in [0.25, 0.3) is 0 Å². The minimum absolute atomic E-state index is 0.0311. The van der Waals surface area contributed by atoms with Gasteiger partial charge in [-0.15, -0.1) is 0 Å². The first-order chi connectivity index (χ1) is 15.9. The van der Waals surface area contributed by atoms with E-state index in [0.29, 0.717) is 12.3 Å². The molecule has 0 spiro atoms. The van der Waals surface area contributed by atoms with Crippen molar-refractivity contribution in [3.8, 4) is 5.75 Å². The van der Waals surface area contributed by atoms with Gasteiger partial charge in [0.05, 0.1) is 18.2 Å². The van der Waals surface area contributed by atoms with E-state index in [1.165, 1.54) is 18.2 Å². The SMILES string of the molecule is C=CC(=O)Nc1ccc(C(=O)N(Cc2ccccc2)Cc2ccc(OC)cc2)c(C(=O)O)c1. The average Bonchev–Trinajstić information content (AvgIpc) is 2.84. The molecule has 3 aromatic rings. The molecule has 0 unspecified atom stereocenters. The molecule has 33 heavy (non-hydrogen) atoms. The van der Waals surface area contributed by atoms with Crippen LogP contribution in [0.5, 0.6) is 5.75 Å². The van der Waals surface area contributed by atoms with Crippen molar-refractivity contribution in [2.75, 3.05) is 12.4 Å². The summed E-state index contributed by atoms with van der Waals surface area (Å²) in [6.45, 7) is 3.94. The number of aromatic carboxylic acids is 1. The fraction of sp³-hybridized carbons (Fsp3) is 0.115. The molecule has 0 saturated carbocycles. The molecule has 2 amide bonds. The highest BCUT2D eigenvalue weighted by atomic mass is 16.5. The Kier molecular flexibility index (Phi) is 7.60. The Morgan fingerprint density at radius 2 is 1.58 bits per heavy atom. The first-order valence-electron chi connectivity index (χ1n) is 10.2. The van der Waals surface area contributed by atoms with E-state index < -0.39 is 17.8 Å². The lowest BCUT2D eigenvalue weighted by Gasteiger charge is -2.24. The Hall–Kier alpha value is -4.39. The first-order valence-corrected chi connectivity index (χ1v) is 10.2. The van der Waals surface area contributed by atoms with Gasteiger partial charge in [0.15, 0.2) is 0 Å². The second-order valence-corrected chi connectivity index (χ2v) is 7.25. The highest BCUT2D eigenvalue weighted by molar-refractivity contribution is 6.06. The molecule has 0 saturated heterocycles. The quantitative estimate of drug-likeness (QED) is 0.478. The molecule has 0 aromatic heterocycles. The summed E-state index contributed by atoms with van der Waals surface area (Å²) in [6, 6.07) is 21.0. The van der Waals surface area contributed by atoms with Crippen LogP contribution in [0, 0.1) is 0 Å². The van der Waals surface area contributed by atoms with Crippen LogP contribution >= 0.6 is 0 Å². The van der Waals surface area contributed by atoms with Crippen molar-refractivity contribution in [3.63, 3.8) is 0 Å². The average molecular weight is 444 g/mol. The molecule has 3 rings (SSSR count). The zero-order chi connectivity index (χ0) is 23.8. The van der Waals surface area contributed by atoms with Gasteiger partial charge in [0.1, 0.15) is 5.75 Å². The van der Waals surface area contributed by atoms with Crippen molar-refractivity contribution in [2.45, 2.75) is 13.1 Å². The van der Waals surface area contributed by atoms with Gasteiger partial charge < -0.3 is 20.1 Å². The van der Waals surface area contributed by atoms with E-state index in [4.69, 9.17) is 4.74 Å². The Balaban J connectivity index is 1.96. The molecule has 0 radical (unpaired) electrons. The molecule has 7 heteroatoms. The molecule has 0 aliphatic carbocycles. The van der Waals surface area contributed by atoms with Gasteiger partial charge >= 0.3 is 5.97 Å². The van der Waals surface area contributed by atoms with E-state index in [1.54, 1.807) is 24.1 Å². The highest BCUT2D eigenvalue weighted by Gasteiger charge is 2.23. The van der Waals surface area contributed by atoms with E-state index >= 15 is 0 Å². The molecule has 0 fully saturated rings. The molecule has 0 heterocycles. The number of nitrogens with zero attached hydrogens (tertiary/aromatic N) is 1. The summed E-state index contributed by atoms with van der Waals surface area (Å²) in [6.07, 6.45) is 1.08. The second-order valence-electron chi connectivity index (χ2n) is 7.25. The number of nitrogens with one attached hydrogen (secondary N) is 1. The maximum atomic E-state index is 13.5. The van der Waals surface area contributed by atoms with E-state index in [1.807, 2.05) is 42.5 Å². The van der Waals surface area contributed by atoms with Crippen LogP contribution in [0.1, 0.15) is 31.8 Å². The highest BCUT2D eigenvalue weighted by Crippen LogP contribution is 2.22. The summed E-state index contributed by atoms with van der Waals surface area (Å²) in [7, 11) is 1.58. The largest absolute Gasteiger partial charge is 0.497 e. The number of carbonyl (C=O) groups is 3. The molecular formula is C26H24N2O5. The molecule has 168 valence electrons. The van der Waals surface area contributed by atoms with Gasteiger partial charge in [0, 0.05) is 18.8 Å². The number of carboxylic acids is 1. The smallest absolute Gasteiger partial charge is 0.336 e. The minimum Gasteiger partial charge on any atom is -0.497 e. The Labute approximate surface area is 191 Å². The fourth-order valence-corrected chi connectivity index (χ4v) is 3.30. The van der Waals surface area contributed by atoms with Crippen LogP contribution in [0.2, 0.25) is 0 Å². The lowest BCUT2D eigenvalue weighted by atomic mass is 10.0. The predicted octanol–water partition coefficient (Wildman–Crippen LogP) is 4.36. The van der Waals surface area contributed by atoms with Crippen LogP contribution in [0.3, 0.4) is 0 Å². The van der Waals surface area contributed by atoms with Crippen LogP contribution in [-0.2, 0) is 17.9 Å². The first kappa shape index (κ1) is 23.3. The number of hydrogen-bond donors (Lipinski definition) is 2. The third kappa shape index (κ3) is 6.07. The monoisotopic (exact) mass is 444 g/mol. The third-order valence-corrected chi connectivity index (χ3v) is 4.97. The van der Waals surface area contributed by atoms with E-state index in [0.717, 1.165) is 17.2 Å². The number of benzene rings is 3. The minimum atomic E-state index is -1.27. The summed E-state index contributed by atoms with van der Waals surface area (Å²) in [4.78, 5) is 38.6. The molecule has 0 bridgehead atoms. The van der Waals surface area contributed by atoms with Gasteiger partial charge in [-0.05, 0) is 47.5 Å². The number of anilines is 1. The lowest BCUT2D eigenvalue weighted by Crippen LogP contribution is -2.31.